The highest BCUT2D eigenvalue weighted by molar-refractivity contribution is 5.61. The summed E-state index contributed by atoms with van der Waals surface area (Å²) in [4.78, 5) is 40.7. The van der Waals surface area contributed by atoms with Crippen molar-refractivity contribution in [2.75, 3.05) is 0 Å². The van der Waals surface area contributed by atoms with Crippen molar-refractivity contribution in [3.63, 3.8) is 0 Å². The van der Waals surface area contributed by atoms with Gasteiger partial charge in [0.05, 0.1) is 0 Å². The van der Waals surface area contributed by atoms with Gasteiger partial charge in [-0.15, -0.1) is 0 Å². The van der Waals surface area contributed by atoms with E-state index in [1.807, 2.05) is 0 Å². The Morgan fingerprint density at radius 1 is 0.556 bits per heavy atom. The third-order valence-corrected chi connectivity index (χ3v) is 1.09. The fraction of sp³-hybridized carbons (Fsp3) is 0.333. The van der Waals surface area contributed by atoms with Gasteiger partial charge in [-0.2, -0.15) is 0 Å². The molecule has 0 heterocycles. The Balaban J connectivity index is 4.90. The van der Waals surface area contributed by atoms with Crippen molar-refractivity contribution < 1.29 is 58.6 Å². The molecule has 0 aliphatic rings. The van der Waals surface area contributed by atoms with E-state index in [0.29, 0.717) is 0 Å². The zero-order chi connectivity index (χ0) is 14.3. The second-order valence-electron chi connectivity index (χ2n) is 2.27. The molecule has 4 N–H and O–H groups in total. The van der Waals surface area contributed by atoms with Gasteiger partial charge < -0.3 is 39.4 Å². The molecular formula is C6H6O12. The molecule has 0 fully saturated rings. The standard InChI is InChI=1S/C6H6O12/c7-3(8)15-1(16-4(9)10)2(17-5(11)12)18-6(13)14/h1-2H,(H,7,8)(H,9,10)(H,11,12)(H,13,14). The van der Waals surface area contributed by atoms with E-state index in [2.05, 4.69) is 18.9 Å². The SMILES string of the molecule is O=C(O)OC(OC(=O)O)C(OC(=O)O)OC(=O)O. The first-order chi connectivity index (χ1) is 8.22. The van der Waals surface area contributed by atoms with E-state index in [1.165, 1.54) is 0 Å². The van der Waals surface area contributed by atoms with E-state index < -0.39 is 37.2 Å². The van der Waals surface area contributed by atoms with Crippen LogP contribution in [0.2, 0.25) is 0 Å². The third kappa shape index (κ3) is 6.54. The topological polar surface area (TPSA) is 186 Å². The third-order valence-electron chi connectivity index (χ3n) is 1.09. The lowest BCUT2D eigenvalue weighted by Crippen LogP contribution is -2.41. The van der Waals surface area contributed by atoms with Gasteiger partial charge in [-0.1, -0.05) is 0 Å². The first-order valence-corrected chi connectivity index (χ1v) is 3.80. The summed E-state index contributed by atoms with van der Waals surface area (Å²) in [5.74, 6) is 0. The van der Waals surface area contributed by atoms with Crippen LogP contribution in [-0.4, -0.2) is 57.6 Å². The smallest absolute Gasteiger partial charge is 0.450 e. The Kier molecular flexibility index (Phi) is 5.54. The van der Waals surface area contributed by atoms with Crippen LogP contribution in [-0.2, 0) is 18.9 Å². The zero-order valence-corrected chi connectivity index (χ0v) is 8.21. The van der Waals surface area contributed by atoms with Gasteiger partial charge in [0.2, 0.25) is 0 Å². The normalized spacial score (nSPS) is 9.67. The van der Waals surface area contributed by atoms with E-state index in [-0.39, 0.29) is 0 Å². The van der Waals surface area contributed by atoms with E-state index >= 15 is 0 Å². The summed E-state index contributed by atoms with van der Waals surface area (Å²) < 4.78 is 15.0. The van der Waals surface area contributed by atoms with Gasteiger partial charge in [0, 0.05) is 0 Å². The van der Waals surface area contributed by atoms with Crippen molar-refractivity contribution in [1.29, 1.82) is 0 Å². The van der Waals surface area contributed by atoms with Gasteiger partial charge in [0.1, 0.15) is 0 Å². The molecule has 0 atom stereocenters. The Morgan fingerprint density at radius 2 is 0.722 bits per heavy atom. The molecule has 0 aliphatic heterocycles. The molecule has 0 aromatic rings. The molecule has 0 saturated heterocycles. The zero-order valence-electron chi connectivity index (χ0n) is 8.21. The molecular weight excluding hydrogens is 264 g/mol. The van der Waals surface area contributed by atoms with Crippen LogP contribution in [0.1, 0.15) is 0 Å². The van der Waals surface area contributed by atoms with E-state index in [0.717, 1.165) is 0 Å². The van der Waals surface area contributed by atoms with E-state index in [4.69, 9.17) is 20.4 Å². The molecule has 0 saturated carbocycles. The summed E-state index contributed by atoms with van der Waals surface area (Å²) >= 11 is 0. The van der Waals surface area contributed by atoms with Crippen molar-refractivity contribution >= 4 is 24.6 Å². The van der Waals surface area contributed by atoms with Crippen LogP contribution < -0.4 is 0 Å². The Labute approximate surface area is 96.8 Å². The number of carbonyl (C=O) groups is 4. The minimum absolute atomic E-state index is 2.07. The van der Waals surface area contributed by atoms with E-state index in [9.17, 15) is 19.2 Å². The lowest BCUT2D eigenvalue weighted by Gasteiger charge is -2.21. The summed E-state index contributed by atoms with van der Waals surface area (Å²) in [7, 11) is 0. The summed E-state index contributed by atoms with van der Waals surface area (Å²) in [5.41, 5.74) is 0. The van der Waals surface area contributed by atoms with Gasteiger partial charge in [0.25, 0.3) is 0 Å². The Hall–Kier alpha value is -2.92. The molecule has 0 unspecified atom stereocenters. The van der Waals surface area contributed by atoms with E-state index in [1.54, 1.807) is 0 Å². The van der Waals surface area contributed by atoms with Crippen molar-refractivity contribution in [1.82, 2.24) is 0 Å². The average molecular weight is 270 g/mol. The number of carboxylic acid groups (broad SMARTS) is 4. The highest BCUT2D eigenvalue weighted by Gasteiger charge is 2.36. The molecule has 0 radical (unpaired) electrons. The molecule has 0 spiro atoms. The lowest BCUT2D eigenvalue weighted by atomic mass is 10.6. The molecule has 0 bridgehead atoms. The first-order valence-electron chi connectivity index (χ1n) is 3.80. The molecule has 0 amide bonds. The van der Waals surface area contributed by atoms with Crippen molar-refractivity contribution in [2.24, 2.45) is 0 Å². The highest BCUT2D eigenvalue weighted by atomic mass is 16.9. The maximum atomic E-state index is 10.2. The molecule has 18 heavy (non-hydrogen) atoms. The molecule has 12 nitrogen and oxygen atoms in total. The van der Waals surface area contributed by atoms with Crippen LogP contribution >= 0.6 is 0 Å². The Morgan fingerprint density at radius 3 is 0.833 bits per heavy atom. The molecule has 0 aliphatic carbocycles. The summed E-state index contributed by atoms with van der Waals surface area (Å²) in [6.07, 6.45) is -13.2. The summed E-state index contributed by atoms with van der Waals surface area (Å²) in [6, 6.07) is 0. The van der Waals surface area contributed by atoms with Crippen LogP contribution in [0.25, 0.3) is 0 Å². The molecule has 12 heteroatoms. The predicted molar refractivity (Wildman–Crippen MR) is 44.0 cm³/mol. The van der Waals surface area contributed by atoms with Gasteiger partial charge >= 0.3 is 37.2 Å². The minimum atomic E-state index is -2.47. The molecule has 0 aromatic heterocycles. The van der Waals surface area contributed by atoms with Crippen molar-refractivity contribution in [3.8, 4) is 0 Å². The monoisotopic (exact) mass is 270 g/mol. The maximum Gasteiger partial charge on any atom is 0.509 e. The highest BCUT2D eigenvalue weighted by Crippen LogP contribution is 2.10. The number of hydrogen-bond acceptors (Lipinski definition) is 8. The average Bonchev–Trinajstić information content (AvgIpc) is 2.12. The Bertz CT molecular complexity index is 280. The fourth-order valence-electron chi connectivity index (χ4n) is 0.668. The first kappa shape index (κ1) is 15.1. The molecule has 102 valence electrons. The van der Waals surface area contributed by atoms with Crippen LogP contribution in [0.4, 0.5) is 19.2 Å². The van der Waals surface area contributed by atoms with Gasteiger partial charge in [-0.3, -0.25) is 0 Å². The van der Waals surface area contributed by atoms with Crippen LogP contribution in [0.5, 0.6) is 0 Å². The number of rotatable bonds is 5. The van der Waals surface area contributed by atoms with Gasteiger partial charge in [0.15, 0.2) is 0 Å². The van der Waals surface area contributed by atoms with Gasteiger partial charge in [-0.05, 0) is 0 Å². The quantitative estimate of drug-likeness (QED) is 0.398. The predicted octanol–water partition coefficient (Wildman–Crippen LogP) is 0.417. The van der Waals surface area contributed by atoms with Gasteiger partial charge in [-0.25, -0.2) is 19.2 Å². The van der Waals surface area contributed by atoms with Crippen LogP contribution in [0.15, 0.2) is 0 Å². The van der Waals surface area contributed by atoms with Crippen LogP contribution in [0, 0.1) is 0 Å². The number of ether oxygens (including phenoxy) is 4. The molecule has 0 aromatic carbocycles. The maximum absolute atomic E-state index is 10.2. The lowest BCUT2D eigenvalue weighted by molar-refractivity contribution is -0.225. The fourth-order valence-corrected chi connectivity index (χ4v) is 0.668. The molecule has 0 rings (SSSR count). The largest absolute Gasteiger partial charge is 0.509 e. The second-order valence-corrected chi connectivity index (χ2v) is 2.27. The van der Waals surface area contributed by atoms with Crippen molar-refractivity contribution in [3.05, 3.63) is 0 Å². The second kappa shape index (κ2) is 6.62. The van der Waals surface area contributed by atoms with Crippen molar-refractivity contribution in [2.45, 2.75) is 12.6 Å². The van der Waals surface area contributed by atoms with Crippen LogP contribution in [0.3, 0.4) is 0 Å². The minimum Gasteiger partial charge on any atom is -0.450 e. The summed E-state index contributed by atoms with van der Waals surface area (Å²) in [6.45, 7) is 0. The summed E-state index contributed by atoms with van der Waals surface area (Å²) in [5, 5.41) is 32.9. The number of hydrogen-bond donors (Lipinski definition) is 4.